The predicted octanol–water partition coefficient (Wildman–Crippen LogP) is 4.60. The van der Waals surface area contributed by atoms with E-state index in [0.717, 1.165) is 17.8 Å². The van der Waals surface area contributed by atoms with Crippen LogP contribution in [-0.2, 0) is 6.54 Å². The zero-order valence-corrected chi connectivity index (χ0v) is 12.3. The number of aryl methyl sites for hydroxylation is 1. The number of hydrogen-bond acceptors (Lipinski definition) is 2. The molecule has 0 aliphatic rings. The highest BCUT2D eigenvalue weighted by atomic mass is 14.9. The van der Waals surface area contributed by atoms with Crippen molar-refractivity contribution in [3.8, 4) is 6.07 Å². The van der Waals surface area contributed by atoms with E-state index in [0.29, 0.717) is 11.5 Å². The second-order valence-electron chi connectivity index (χ2n) is 5.38. The summed E-state index contributed by atoms with van der Waals surface area (Å²) in [6.45, 7) is 7.21. The van der Waals surface area contributed by atoms with Gasteiger partial charge in [-0.05, 0) is 53.8 Å². The zero-order chi connectivity index (χ0) is 14.5. The van der Waals surface area contributed by atoms with Crippen molar-refractivity contribution in [1.29, 1.82) is 5.26 Å². The molecular weight excluding hydrogens is 244 g/mol. The van der Waals surface area contributed by atoms with Crippen molar-refractivity contribution in [3.05, 3.63) is 64.7 Å². The summed E-state index contributed by atoms with van der Waals surface area (Å²) < 4.78 is 0. The van der Waals surface area contributed by atoms with Gasteiger partial charge in [-0.2, -0.15) is 5.26 Å². The molecule has 0 saturated carbocycles. The van der Waals surface area contributed by atoms with Gasteiger partial charge in [-0.15, -0.1) is 0 Å². The van der Waals surface area contributed by atoms with Crippen LogP contribution in [0.2, 0.25) is 0 Å². The monoisotopic (exact) mass is 264 g/mol. The van der Waals surface area contributed by atoms with Crippen LogP contribution < -0.4 is 5.32 Å². The van der Waals surface area contributed by atoms with Crippen molar-refractivity contribution in [3.63, 3.8) is 0 Å². The normalized spacial score (nSPS) is 10.3. The number of benzene rings is 2. The number of nitriles is 1. The van der Waals surface area contributed by atoms with Crippen molar-refractivity contribution < 1.29 is 0 Å². The smallest absolute Gasteiger partial charge is 0.0991 e. The summed E-state index contributed by atoms with van der Waals surface area (Å²) >= 11 is 0. The average Bonchev–Trinajstić information content (AvgIpc) is 2.46. The minimum Gasteiger partial charge on any atom is -0.381 e. The summed E-state index contributed by atoms with van der Waals surface area (Å²) in [6.07, 6.45) is 0. The summed E-state index contributed by atoms with van der Waals surface area (Å²) in [5.74, 6) is 0.560. The largest absolute Gasteiger partial charge is 0.381 e. The molecule has 2 rings (SSSR count). The van der Waals surface area contributed by atoms with E-state index in [-0.39, 0.29) is 0 Å². The molecule has 0 fully saturated rings. The van der Waals surface area contributed by atoms with Crippen LogP contribution in [-0.4, -0.2) is 0 Å². The van der Waals surface area contributed by atoms with E-state index in [1.54, 1.807) is 0 Å². The van der Waals surface area contributed by atoms with Crippen LogP contribution in [0.5, 0.6) is 0 Å². The topological polar surface area (TPSA) is 35.8 Å². The highest BCUT2D eigenvalue weighted by Gasteiger charge is 2.01. The molecule has 0 heterocycles. The van der Waals surface area contributed by atoms with E-state index in [1.807, 2.05) is 25.1 Å². The van der Waals surface area contributed by atoms with Gasteiger partial charge in [0.15, 0.2) is 0 Å². The van der Waals surface area contributed by atoms with E-state index < -0.39 is 0 Å². The number of nitrogens with zero attached hydrogens (tertiary/aromatic N) is 1. The van der Waals surface area contributed by atoms with Gasteiger partial charge in [-0.1, -0.05) is 32.0 Å². The quantitative estimate of drug-likeness (QED) is 0.875. The Balaban J connectivity index is 2.03. The Bertz CT molecular complexity index is 619. The van der Waals surface area contributed by atoms with Crippen molar-refractivity contribution in [2.75, 3.05) is 5.32 Å². The van der Waals surface area contributed by atoms with Crippen LogP contribution in [0.4, 0.5) is 5.69 Å². The number of hydrogen-bond donors (Lipinski definition) is 1. The second-order valence-corrected chi connectivity index (χ2v) is 5.38. The van der Waals surface area contributed by atoms with Gasteiger partial charge in [0.25, 0.3) is 0 Å². The van der Waals surface area contributed by atoms with E-state index in [9.17, 15) is 0 Å². The fraction of sp³-hybridized carbons (Fsp3) is 0.278. The Morgan fingerprint density at radius 1 is 1.10 bits per heavy atom. The maximum Gasteiger partial charge on any atom is 0.0991 e. The summed E-state index contributed by atoms with van der Waals surface area (Å²) in [6, 6.07) is 16.5. The predicted molar refractivity (Wildman–Crippen MR) is 83.8 cm³/mol. The molecule has 0 aliphatic carbocycles. The Labute approximate surface area is 121 Å². The van der Waals surface area contributed by atoms with Gasteiger partial charge in [0.1, 0.15) is 0 Å². The van der Waals surface area contributed by atoms with E-state index in [1.165, 1.54) is 11.1 Å². The van der Waals surface area contributed by atoms with Crippen LogP contribution in [0.25, 0.3) is 0 Å². The summed E-state index contributed by atoms with van der Waals surface area (Å²) in [5, 5.41) is 12.3. The van der Waals surface area contributed by atoms with Crippen molar-refractivity contribution >= 4 is 5.69 Å². The van der Waals surface area contributed by atoms with Crippen molar-refractivity contribution in [2.24, 2.45) is 0 Å². The Hall–Kier alpha value is -2.27. The molecule has 0 amide bonds. The number of anilines is 1. The summed E-state index contributed by atoms with van der Waals surface area (Å²) in [7, 11) is 0. The first-order valence-electron chi connectivity index (χ1n) is 6.93. The molecular formula is C18H20N2. The third-order valence-corrected chi connectivity index (χ3v) is 3.53. The van der Waals surface area contributed by atoms with Gasteiger partial charge in [0.2, 0.25) is 0 Å². The lowest BCUT2D eigenvalue weighted by molar-refractivity contribution is 0.867. The zero-order valence-electron chi connectivity index (χ0n) is 12.3. The minimum absolute atomic E-state index is 0.560. The lowest BCUT2D eigenvalue weighted by atomic mass is 10.0. The number of nitrogens with one attached hydrogen (secondary N) is 1. The standard InChI is InChI=1S/C18H20N2/c1-13(2)16-6-8-18(9-7-16)20-12-17-5-4-15(11-19)10-14(17)3/h4-10,13,20H,12H2,1-3H3. The average molecular weight is 264 g/mol. The van der Waals surface area contributed by atoms with Gasteiger partial charge in [-0.25, -0.2) is 0 Å². The van der Waals surface area contributed by atoms with Gasteiger partial charge in [0, 0.05) is 12.2 Å². The second kappa shape index (κ2) is 6.25. The van der Waals surface area contributed by atoms with Gasteiger partial charge in [0.05, 0.1) is 11.6 Å². The molecule has 0 bridgehead atoms. The maximum absolute atomic E-state index is 8.87. The molecule has 1 N–H and O–H groups in total. The van der Waals surface area contributed by atoms with E-state index >= 15 is 0 Å². The maximum atomic E-state index is 8.87. The Kier molecular flexibility index (Phi) is 4.42. The lowest BCUT2D eigenvalue weighted by Gasteiger charge is -2.11. The molecule has 0 saturated heterocycles. The third-order valence-electron chi connectivity index (χ3n) is 3.53. The van der Waals surface area contributed by atoms with Crippen LogP contribution in [0, 0.1) is 18.3 Å². The minimum atomic E-state index is 0.560. The Morgan fingerprint density at radius 2 is 1.80 bits per heavy atom. The SMILES string of the molecule is Cc1cc(C#N)ccc1CNc1ccc(C(C)C)cc1. The fourth-order valence-corrected chi connectivity index (χ4v) is 2.15. The molecule has 2 heteroatoms. The molecule has 0 aliphatic heterocycles. The first-order valence-corrected chi connectivity index (χ1v) is 6.93. The van der Waals surface area contributed by atoms with E-state index in [2.05, 4.69) is 49.5 Å². The third kappa shape index (κ3) is 3.39. The van der Waals surface area contributed by atoms with Crippen molar-refractivity contribution in [2.45, 2.75) is 33.2 Å². The van der Waals surface area contributed by atoms with E-state index in [4.69, 9.17) is 5.26 Å². The first kappa shape index (κ1) is 14.1. The molecule has 0 radical (unpaired) electrons. The highest BCUT2D eigenvalue weighted by Crippen LogP contribution is 2.18. The fourth-order valence-electron chi connectivity index (χ4n) is 2.15. The summed E-state index contributed by atoms with van der Waals surface area (Å²) in [5.41, 5.74) is 5.56. The molecule has 20 heavy (non-hydrogen) atoms. The van der Waals surface area contributed by atoms with Crippen LogP contribution >= 0.6 is 0 Å². The molecule has 2 aromatic rings. The van der Waals surface area contributed by atoms with Crippen LogP contribution in [0.3, 0.4) is 0 Å². The molecule has 2 nitrogen and oxygen atoms in total. The molecule has 0 aromatic heterocycles. The molecule has 0 atom stereocenters. The lowest BCUT2D eigenvalue weighted by Crippen LogP contribution is -2.01. The molecule has 0 unspecified atom stereocenters. The van der Waals surface area contributed by atoms with Crippen LogP contribution in [0.15, 0.2) is 42.5 Å². The highest BCUT2D eigenvalue weighted by molar-refractivity contribution is 5.47. The molecule has 0 spiro atoms. The number of rotatable bonds is 4. The van der Waals surface area contributed by atoms with Crippen molar-refractivity contribution in [1.82, 2.24) is 0 Å². The molecule has 102 valence electrons. The van der Waals surface area contributed by atoms with Crippen LogP contribution in [0.1, 0.15) is 42.0 Å². The van der Waals surface area contributed by atoms with Gasteiger partial charge in [-0.3, -0.25) is 0 Å². The first-order chi connectivity index (χ1) is 9.60. The molecule has 2 aromatic carbocycles. The summed E-state index contributed by atoms with van der Waals surface area (Å²) in [4.78, 5) is 0. The Morgan fingerprint density at radius 3 is 2.35 bits per heavy atom. The van der Waals surface area contributed by atoms with Gasteiger partial charge < -0.3 is 5.32 Å². The van der Waals surface area contributed by atoms with Gasteiger partial charge >= 0.3 is 0 Å².